The average molecular weight is 265 g/mol. The predicted octanol–water partition coefficient (Wildman–Crippen LogP) is 1.58. The van der Waals surface area contributed by atoms with Crippen molar-refractivity contribution in [3.05, 3.63) is 28.8 Å². The minimum absolute atomic E-state index is 0.0282. The summed E-state index contributed by atoms with van der Waals surface area (Å²) in [6.45, 7) is 5.42. The van der Waals surface area contributed by atoms with Crippen LogP contribution in [-0.4, -0.2) is 39.1 Å². The number of nitrogens with one attached hydrogen (secondary N) is 1. The second kappa shape index (κ2) is 5.49. The van der Waals surface area contributed by atoms with Crippen LogP contribution in [0.15, 0.2) is 12.1 Å². The smallest absolute Gasteiger partial charge is 0.123 e. The van der Waals surface area contributed by atoms with Gasteiger partial charge in [-0.25, -0.2) is 0 Å². The quantitative estimate of drug-likeness (QED) is 0.848. The molecule has 0 aliphatic carbocycles. The van der Waals surface area contributed by atoms with Crippen molar-refractivity contribution >= 4 is 0 Å². The standard InChI is InChI=1S/C15H23NO3/c1-10-5-12(13(18-4)6-11(10)2)14(16-3)15(7-17)8-19-9-15/h5-6,14,16-17H,7-9H2,1-4H3. The summed E-state index contributed by atoms with van der Waals surface area (Å²) in [5.74, 6) is 0.863. The first-order valence-electron chi connectivity index (χ1n) is 6.59. The lowest BCUT2D eigenvalue weighted by Gasteiger charge is -2.46. The fraction of sp³-hybridized carbons (Fsp3) is 0.600. The van der Waals surface area contributed by atoms with Crippen LogP contribution < -0.4 is 10.1 Å². The molecule has 2 N–H and O–H groups in total. The third-order valence-electron chi connectivity index (χ3n) is 4.15. The van der Waals surface area contributed by atoms with Gasteiger partial charge in [-0.2, -0.15) is 0 Å². The van der Waals surface area contributed by atoms with Crippen molar-refractivity contribution in [2.24, 2.45) is 5.41 Å². The highest BCUT2D eigenvalue weighted by Gasteiger charge is 2.46. The number of ether oxygens (including phenoxy) is 2. The van der Waals surface area contributed by atoms with E-state index in [0.29, 0.717) is 13.2 Å². The van der Waals surface area contributed by atoms with Crippen molar-refractivity contribution in [1.29, 1.82) is 0 Å². The molecule has 1 saturated heterocycles. The summed E-state index contributed by atoms with van der Waals surface area (Å²) < 4.78 is 10.8. The average Bonchev–Trinajstić information content (AvgIpc) is 2.36. The van der Waals surface area contributed by atoms with Gasteiger partial charge in [0.05, 0.1) is 32.3 Å². The van der Waals surface area contributed by atoms with Crippen LogP contribution in [0.4, 0.5) is 0 Å². The first kappa shape index (κ1) is 14.3. The summed E-state index contributed by atoms with van der Waals surface area (Å²) in [6, 6.07) is 4.23. The summed E-state index contributed by atoms with van der Waals surface area (Å²) in [6.07, 6.45) is 0. The number of aryl methyl sites for hydroxylation is 2. The Balaban J connectivity index is 2.45. The van der Waals surface area contributed by atoms with Gasteiger partial charge in [-0.15, -0.1) is 0 Å². The Labute approximate surface area is 114 Å². The first-order valence-corrected chi connectivity index (χ1v) is 6.59. The lowest BCUT2D eigenvalue weighted by Crippen LogP contribution is -2.53. The predicted molar refractivity (Wildman–Crippen MR) is 74.6 cm³/mol. The summed E-state index contributed by atoms with van der Waals surface area (Å²) >= 11 is 0. The molecular formula is C15H23NO3. The fourth-order valence-electron chi connectivity index (χ4n) is 2.72. The second-order valence-corrected chi connectivity index (χ2v) is 5.41. The topological polar surface area (TPSA) is 50.7 Å². The molecular weight excluding hydrogens is 242 g/mol. The van der Waals surface area contributed by atoms with Gasteiger partial charge in [-0.1, -0.05) is 6.07 Å². The van der Waals surface area contributed by atoms with Crippen LogP contribution >= 0.6 is 0 Å². The molecule has 1 heterocycles. The third-order valence-corrected chi connectivity index (χ3v) is 4.15. The minimum atomic E-state index is -0.246. The van der Waals surface area contributed by atoms with E-state index < -0.39 is 0 Å². The number of benzene rings is 1. The first-order chi connectivity index (χ1) is 9.07. The zero-order valence-electron chi connectivity index (χ0n) is 12.1. The van der Waals surface area contributed by atoms with E-state index >= 15 is 0 Å². The molecule has 0 amide bonds. The molecule has 0 radical (unpaired) electrons. The Bertz CT molecular complexity index is 449. The third kappa shape index (κ3) is 2.36. The lowest BCUT2D eigenvalue weighted by atomic mass is 9.75. The van der Waals surface area contributed by atoms with Gasteiger partial charge in [0.25, 0.3) is 0 Å². The molecule has 1 aliphatic rings. The molecule has 4 heteroatoms. The Kier molecular flexibility index (Phi) is 4.13. The SMILES string of the molecule is CNC(c1cc(C)c(C)cc1OC)C1(CO)COC1. The van der Waals surface area contributed by atoms with Crippen molar-refractivity contribution < 1.29 is 14.6 Å². The van der Waals surface area contributed by atoms with E-state index in [0.717, 1.165) is 11.3 Å². The van der Waals surface area contributed by atoms with Crippen LogP contribution in [0.5, 0.6) is 5.75 Å². The minimum Gasteiger partial charge on any atom is -0.496 e. The molecule has 1 unspecified atom stereocenters. The highest BCUT2D eigenvalue weighted by Crippen LogP contribution is 2.43. The number of hydrogen-bond donors (Lipinski definition) is 2. The molecule has 1 aromatic rings. The van der Waals surface area contributed by atoms with Gasteiger partial charge in [-0.05, 0) is 38.1 Å². The number of methoxy groups -OCH3 is 1. The molecule has 1 atom stereocenters. The molecule has 1 aromatic carbocycles. The zero-order chi connectivity index (χ0) is 14.0. The van der Waals surface area contributed by atoms with Crippen molar-refractivity contribution in [3.63, 3.8) is 0 Å². The summed E-state index contributed by atoms with van der Waals surface area (Å²) in [5.41, 5.74) is 3.28. The maximum absolute atomic E-state index is 9.73. The van der Waals surface area contributed by atoms with Crippen LogP contribution in [0.3, 0.4) is 0 Å². The lowest BCUT2D eigenvalue weighted by molar-refractivity contribution is -0.155. The van der Waals surface area contributed by atoms with Gasteiger partial charge in [0.1, 0.15) is 5.75 Å². The largest absolute Gasteiger partial charge is 0.496 e. The van der Waals surface area contributed by atoms with Crippen molar-refractivity contribution in [1.82, 2.24) is 5.32 Å². The molecule has 1 aliphatic heterocycles. The van der Waals surface area contributed by atoms with Crippen LogP contribution in [0.2, 0.25) is 0 Å². The normalized spacial score (nSPS) is 18.8. The van der Waals surface area contributed by atoms with Gasteiger partial charge in [0.2, 0.25) is 0 Å². The van der Waals surface area contributed by atoms with E-state index in [1.807, 2.05) is 7.05 Å². The van der Waals surface area contributed by atoms with Gasteiger partial charge in [-0.3, -0.25) is 0 Å². The van der Waals surface area contributed by atoms with Crippen molar-refractivity contribution in [2.45, 2.75) is 19.9 Å². The molecule has 0 aromatic heterocycles. The van der Waals surface area contributed by atoms with Crippen LogP contribution in [0, 0.1) is 19.3 Å². The Morgan fingerprint density at radius 3 is 2.42 bits per heavy atom. The highest BCUT2D eigenvalue weighted by atomic mass is 16.5. The molecule has 0 bridgehead atoms. The van der Waals surface area contributed by atoms with Crippen LogP contribution in [0.25, 0.3) is 0 Å². The maximum Gasteiger partial charge on any atom is 0.123 e. The number of aliphatic hydroxyl groups is 1. The maximum atomic E-state index is 9.73. The van der Waals surface area contributed by atoms with Gasteiger partial charge in [0, 0.05) is 11.6 Å². The number of hydrogen-bond acceptors (Lipinski definition) is 4. The molecule has 4 nitrogen and oxygen atoms in total. The van der Waals surface area contributed by atoms with Crippen LogP contribution in [-0.2, 0) is 4.74 Å². The van der Waals surface area contributed by atoms with Crippen molar-refractivity contribution in [2.75, 3.05) is 34.0 Å². The Morgan fingerprint density at radius 1 is 1.37 bits per heavy atom. The Hall–Kier alpha value is -1.10. The van der Waals surface area contributed by atoms with E-state index in [1.165, 1.54) is 11.1 Å². The van der Waals surface area contributed by atoms with E-state index in [4.69, 9.17) is 9.47 Å². The van der Waals surface area contributed by atoms with Gasteiger partial charge >= 0.3 is 0 Å². The molecule has 2 rings (SSSR count). The Morgan fingerprint density at radius 2 is 2.00 bits per heavy atom. The zero-order valence-corrected chi connectivity index (χ0v) is 12.1. The summed E-state index contributed by atoms with van der Waals surface area (Å²) in [7, 11) is 3.60. The van der Waals surface area contributed by atoms with E-state index in [-0.39, 0.29) is 18.1 Å². The van der Waals surface area contributed by atoms with E-state index in [9.17, 15) is 5.11 Å². The fourth-order valence-corrected chi connectivity index (χ4v) is 2.72. The van der Waals surface area contributed by atoms with Gasteiger partial charge in [0.15, 0.2) is 0 Å². The number of rotatable bonds is 5. The second-order valence-electron chi connectivity index (χ2n) is 5.41. The van der Waals surface area contributed by atoms with Crippen LogP contribution in [0.1, 0.15) is 22.7 Å². The van der Waals surface area contributed by atoms with Crippen molar-refractivity contribution in [3.8, 4) is 5.75 Å². The van der Waals surface area contributed by atoms with Gasteiger partial charge < -0.3 is 19.9 Å². The molecule has 106 valence electrons. The molecule has 19 heavy (non-hydrogen) atoms. The molecule has 1 fully saturated rings. The summed E-state index contributed by atoms with van der Waals surface area (Å²) in [5, 5.41) is 13.0. The van der Waals surface area contributed by atoms with E-state index in [2.05, 4.69) is 31.3 Å². The van der Waals surface area contributed by atoms with E-state index in [1.54, 1.807) is 7.11 Å². The molecule has 0 spiro atoms. The molecule has 0 saturated carbocycles. The number of aliphatic hydroxyl groups excluding tert-OH is 1. The highest BCUT2D eigenvalue weighted by molar-refractivity contribution is 5.44. The monoisotopic (exact) mass is 265 g/mol. The summed E-state index contributed by atoms with van der Waals surface area (Å²) in [4.78, 5) is 0.